The highest BCUT2D eigenvalue weighted by atomic mass is 32.2. The van der Waals surface area contributed by atoms with E-state index in [1.165, 1.54) is 6.20 Å². The van der Waals surface area contributed by atoms with Gasteiger partial charge in [0.05, 0.1) is 17.2 Å². The van der Waals surface area contributed by atoms with Crippen LogP contribution in [0.4, 0.5) is 19.0 Å². The fraction of sp³-hybridized carbons (Fsp3) is 0.333. The van der Waals surface area contributed by atoms with Gasteiger partial charge >= 0.3 is 6.18 Å². The summed E-state index contributed by atoms with van der Waals surface area (Å²) < 4.78 is 38.5. The second-order valence-corrected chi connectivity index (χ2v) is 7.21. The van der Waals surface area contributed by atoms with E-state index in [-0.39, 0.29) is 0 Å². The maximum Gasteiger partial charge on any atom is 0.416 e. The maximum atomic E-state index is 12.8. The molecule has 1 fully saturated rings. The Morgan fingerprint density at radius 1 is 1.12 bits per heavy atom. The summed E-state index contributed by atoms with van der Waals surface area (Å²) in [6.07, 6.45) is -1.37. The molecule has 0 radical (unpaired) electrons. The fourth-order valence-corrected chi connectivity index (χ4v) is 3.90. The summed E-state index contributed by atoms with van der Waals surface area (Å²) in [5.74, 6) is 0.386. The molecule has 1 aliphatic heterocycles. The molecule has 1 aliphatic rings. The van der Waals surface area contributed by atoms with Crippen molar-refractivity contribution in [2.24, 2.45) is 0 Å². The largest absolute Gasteiger partial charge is 0.416 e. The third-order valence-corrected chi connectivity index (χ3v) is 5.47. The lowest BCUT2D eigenvalue weighted by molar-refractivity contribution is -0.137. The summed E-state index contributed by atoms with van der Waals surface area (Å²) in [6, 6.07) is 11.7. The number of nitrogens with zero attached hydrogens (tertiary/aromatic N) is 3. The van der Waals surface area contributed by atoms with Crippen LogP contribution in [0.5, 0.6) is 0 Å². The normalized spacial score (nSPS) is 15.8. The average Bonchev–Trinajstić information content (AvgIpc) is 2.62. The quantitative estimate of drug-likeness (QED) is 0.790. The van der Waals surface area contributed by atoms with Crippen LogP contribution < -0.4 is 4.90 Å². The van der Waals surface area contributed by atoms with Gasteiger partial charge in [-0.1, -0.05) is 0 Å². The van der Waals surface area contributed by atoms with Crippen molar-refractivity contribution in [1.29, 1.82) is 5.26 Å². The van der Waals surface area contributed by atoms with Crippen molar-refractivity contribution < 1.29 is 13.2 Å². The zero-order valence-corrected chi connectivity index (χ0v) is 14.1. The molecule has 0 atom stereocenters. The van der Waals surface area contributed by atoms with Crippen molar-refractivity contribution in [3.05, 3.63) is 53.7 Å². The first-order chi connectivity index (χ1) is 12.0. The molecule has 1 aromatic heterocycles. The zero-order valence-electron chi connectivity index (χ0n) is 13.3. The predicted molar refractivity (Wildman–Crippen MR) is 91.5 cm³/mol. The van der Waals surface area contributed by atoms with E-state index in [4.69, 9.17) is 5.26 Å². The van der Waals surface area contributed by atoms with E-state index in [2.05, 4.69) is 11.1 Å². The van der Waals surface area contributed by atoms with Gasteiger partial charge in [-0.15, -0.1) is 11.8 Å². The smallest absolute Gasteiger partial charge is 0.357 e. The predicted octanol–water partition coefficient (Wildman–Crippen LogP) is 4.73. The number of halogens is 3. The van der Waals surface area contributed by atoms with Crippen molar-refractivity contribution in [2.75, 3.05) is 18.0 Å². The Kier molecular flexibility index (Phi) is 5.19. The van der Waals surface area contributed by atoms with Gasteiger partial charge in [-0.05, 0) is 49.2 Å². The minimum absolute atomic E-state index is 0.386. The Hall–Kier alpha value is -2.20. The number of pyridine rings is 1. The van der Waals surface area contributed by atoms with Crippen LogP contribution in [0.2, 0.25) is 0 Å². The molecule has 0 aliphatic carbocycles. The lowest BCUT2D eigenvalue weighted by Crippen LogP contribution is -2.35. The van der Waals surface area contributed by atoms with Gasteiger partial charge in [-0.3, -0.25) is 0 Å². The number of benzene rings is 1. The first kappa shape index (κ1) is 17.6. The van der Waals surface area contributed by atoms with E-state index in [1.807, 2.05) is 17.0 Å². The molecule has 1 saturated heterocycles. The highest BCUT2D eigenvalue weighted by Crippen LogP contribution is 2.34. The van der Waals surface area contributed by atoms with Gasteiger partial charge in [0.1, 0.15) is 5.82 Å². The molecule has 3 nitrogen and oxygen atoms in total. The van der Waals surface area contributed by atoms with Crippen molar-refractivity contribution in [2.45, 2.75) is 29.2 Å². The van der Waals surface area contributed by atoms with Gasteiger partial charge in [0.15, 0.2) is 0 Å². The first-order valence-corrected chi connectivity index (χ1v) is 8.79. The Labute approximate surface area is 148 Å². The van der Waals surface area contributed by atoms with E-state index in [0.29, 0.717) is 29.7 Å². The third kappa shape index (κ3) is 4.45. The van der Waals surface area contributed by atoms with Crippen LogP contribution in [-0.2, 0) is 6.18 Å². The van der Waals surface area contributed by atoms with E-state index < -0.39 is 11.7 Å². The maximum absolute atomic E-state index is 12.8. The van der Waals surface area contributed by atoms with Crippen LogP contribution in [0.15, 0.2) is 47.5 Å². The molecule has 1 aromatic carbocycles. The molecule has 130 valence electrons. The molecule has 0 bridgehead atoms. The molecule has 2 heterocycles. The Morgan fingerprint density at radius 3 is 2.40 bits per heavy atom. The number of aromatic nitrogens is 1. The van der Waals surface area contributed by atoms with Crippen LogP contribution in [0, 0.1) is 11.3 Å². The van der Waals surface area contributed by atoms with Gasteiger partial charge in [0.25, 0.3) is 0 Å². The lowest BCUT2D eigenvalue weighted by Gasteiger charge is -2.32. The average molecular weight is 363 g/mol. The summed E-state index contributed by atoms with van der Waals surface area (Å²) >= 11 is 1.75. The second kappa shape index (κ2) is 7.36. The van der Waals surface area contributed by atoms with Crippen molar-refractivity contribution in [3.63, 3.8) is 0 Å². The number of piperidine rings is 1. The molecule has 0 N–H and O–H groups in total. The number of thioether (sulfide) groups is 1. The summed E-state index contributed by atoms with van der Waals surface area (Å²) in [6.45, 7) is 1.37. The van der Waals surface area contributed by atoms with Crippen molar-refractivity contribution >= 4 is 17.6 Å². The van der Waals surface area contributed by atoms with Crippen LogP contribution >= 0.6 is 11.8 Å². The van der Waals surface area contributed by atoms with Crippen LogP contribution in [-0.4, -0.2) is 23.3 Å². The molecule has 0 spiro atoms. The summed E-state index contributed by atoms with van der Waals surface area (Å²) in [7, 11) is 0. The van der Waals surface area contributed by atoms with Crippen molar-refractivity contribution in [3.8, 4) is 6.07 Å². The topological polar surface area (TPSA) is 39.9 Å². The lowest BCUT2D eigenvalue weighted by atomic mass is 10.1. The van der Waals surface area contributed by atoms with Crippen molar-refractivity contribution in [1.82, 2.24) is 4.98 Å². The van der Waals surface area contributed by atoms with Gasteiger partial charge in [-0.2, -0.15) is 18.4 Å². The van der Waals surface area contributed by atoms with Gasteiger partial charge in [-0.25, -0.2) is 4.98 Å². The number of anilines is 1. The number of rotatable bonds is 3. The molecule has 0 unspecified atom stereocenters. The van der Waals surface area contributed by atoms with Gasteiger partial charge in [0.2, 0.25) is 0 Å². The van der Waals surface area contributed by atoms with E-state index >= 15 is 0 Å². The van der Waals surface area contributed by atoms with Crippen LogP contribution in [0.3, 0.4) is 0 Å². The van der Waals surface area contributed by atoms with E-state index in [0.717, 1.165) is 29.9 Å². The van der Waals surface area contributed by atoms with Gasteiger partial charge < -0.3 is 4.90 Å². The number of hydrogen-bond acceptors (Lipinski definition) is 4. The summed E-state index contributed by atoms with van der Waals surface area (Å²) in [5.41, 5.74) is -0.0265. The minimum Gasteiger partial charge on any atom is -0.357 e. The van der Waals surface area contributed by atoms with Crippen LogP contribution in [0.1, 0.15) is 24.0 Å². The third-order valence-electron chi connectivity index (χ3n) is 4.12. The zero-order chi connectivity index (χ0) is 17.9. The Morgan fingerprint density at radius 2 is 1.80 bits per heavy atom. The summed E-state index contributed by atoms with van der Waals surface area (Å²) in [4.78, 5) is 7.11. The molecular formula is C18H16F3N3S. The standard InChI is InChI=1S/C18H16F3N3S/c19-18(20,21)14-5-8-23-17(11-14)24-9-6-16(7-10-24)25-15-3-1-13(12-22)2-4-15/h1-5,8,11,16H,6-7,9-10H2. The number of nitriles is 1. The highest BCUT2D eigenvalue weighted by molar-refractivity contribution is 8.00. The monoisotopic (exact) mass is 363 g/mol. The Balaban J connectivity index is 1.59. The van der Waals surface area contributed by atoms with E-state index in [9.17, 15) is 13.2 Å². The molecule has 0 saturated carbocycles. The fourth-order valence-electron chi connectivity index (χ4n) is 2.77. The molecule has 3 rings (SSSR count). The molecule has 0 amide bonds. The Bertz CT molecular complexity index is 760. The highest BCUT2D eigenvalue weighted by Gasteiger charge is 2.31. The van der Waals surface area contributed by atoms with Gasteiger partial charge in [0, 0.05) is 29.4 Å². The molecule has 2 aromatic rings. The minimum atomic E-state index is -4.35. The first-order valence-electron chi connectivity index (χ1n) is 7.91. The molecule has 7 heteroatoms. The van der Waals surface area contributed by atoms with E-state index in [1.54, 1.807) is 23.9 Å². The molecular weight excluding hydrogens is 347 g/mol. The number of hydrogen-bond donors (Lipinski definition) is 0. The molecule has 25 heavy (non-hydrogen) atoms. The summed E-state index contributed by atoms with van der Waals surface area (Å²) in [5, 5.41) is 9.23. The SMILES string of the molecule is N#Cc1ccc(SC2CCN(c3cc(C(F)(F)F)ccn3)CC2)cc1. The number of alkyl halides is 3. The second-order valence-electron chi connectivity index (χ2n) is 5.84. The van der Waals surface area contributed by atoms with Crippen LogP contribution in [0.25, 0.3) is 0 Å².